The number of carboxylic acids is 1. The highest BCUT2D eigenvalue weighted by Gasteiger charge is 2.11. The zero-order valence-electron chi connectivity index (χ0n) is 9.20. The van der Waals surface area contributed by atoms with Gasteiger partial charge in [-0.2, -0.15) is 0 Å². The van der Waals surface area contributed by atoms with E-state index in [0.717, 1.165) is 31.1 Å². The molecule has 0 amide bonds. The second kappa shape index (κ2) is 6.53. The molecule has 0 spiro atoms. The molecular formula is C12H15FO2S. The molecule has 0 atom stereocenters. The van der Waals surface area contributed by atoms with Crippen LogP contribution in [0.1, 0.15) is 36.5 Å². The maximum atomic E-state index is 12.9. The molecule has 4 heteroatoms. The molecule has 0 fully saturated rings. The molecule has 1 N–H and O–H groups in total. The standard InChI is InChI=1S/C12H15FO2S/c1-2-3-4-7-16-11-6-5-9(13)8-10(11)12(14)15/h5-6,8H,2-4,7H2,1H3,(H,14,15). The quantitative estimate of drug-likeness (QED) is 0.609. The molecule has 0 aromatic heterocycles. The first-order valence-corrected chi connectivity index (χ1v) is 6.29. The van der Waals surface area contributed by atoms with E-state index in [1.807, 2.05) is 0 Å². The Morgan fingerprint density at radius 1 is 1.44 bits per heavy atom. The van der Waals surface area contributed by atoms with Crippen molar-refractivity contribution in [3.8, 4) is 0 Å². The Labute approximate surface area is 98.9 Å². The minimum atomic E-state index is -1.07. The summed E-state index contributed by atoms with van der Waals surface area (Å²) in [7, 11) is 0. The molecule has 1 aromatic rings. The number of hydrogen-bond acceptors (Lipinski definition) is 2. The topological polar surface area (TPSA) is 37.3 Å². The second-order valence-corrected chi connectivity index (χ2v) is 4.64. The Balaban J connectivity index is 2.67. The predicted molar refractivity (Wildman–Crippen MR) is 63.6 cm³/mol. The summed E-state index contributed by atoms with van der Waals surface area (Å²) in [6, 6.07) is 3.91. The molecule has 1 aromatic carbocycles. The van der Waals surface area contributed by atoms with Crippen LogP contribution in [-0.2, 0) is 0 Å². The fourth-order valence-electron chi connectivity index (χ4n) is 1.33. The summed E-state index contributed by atoms with van der Waals surface area (Å²) in [6.07, 6.45) is 3.32. The summed E-state index contributed by atoms with van der Waals surface area (Å²) in [6.45, 7) is 2.12. The first-order chi connectivity index (χ1) is 7.65. The van der Waals surface area contributed by atoms with Crippen molar-refractivity contribution in [1.29, 1.82) is 0 Å². The maximum absolute atomic E-state index is 12.9. The van der Waals surface area contributed by atoms with E-state index in [4.69, 9.17) is 5.11 Å². The lowest BCUT2D eigenvalue weighted by molar-refractivity contribution is 0.0692. The minimum absolute atomic E-state index is 0.0569. The highest BCUT2D eigenvalue weighted by Crippen LogP contribution is 2.24. The summed E-state index contributed by atoms with van der Waals surface area (Å²) in [4.78, 5) is 11.5. The molecule has 0 heterocycles. The van der Waals surface area contributed by atoms with Crippen LogP contribution in [0, 0.1) is 5.82 Å². The third-order valence-electron chi connectivity index (χ3n) is 2.18. The fourth-order valence-corrected chi connectivity index (χ4v) is 2.36. The van der Waals surface area contributed by atoms with Crippen LogP contribution < -0.4 is 0 Å². The number of hydrogen-bond donors (Lipinski definition) is 1. The Morgan fingerprint density at radius 2 is 2.19 bits per heavy atom. The Hall–Kier alpha value is -1.03. The Morgan fingerprint density at radius 3 is 2.81 bits per heavy atom. The van der Waals surface area contributed by atoms with E-state index in [-0.39, 0.29) is 5.56 Å². The molecular weight excluding hydrogens is 227 g/mol. The van der Waals surface area contributed by atoms with Gasteiger partial charge < -0.3 is 5.11 Å². The van der Waals surface area contributed by atoms with Gasteiger partial charge in [-0.25, -0.2) is 9.18 Å². The lowest BCUT2D eigenvalue weighted by atomic mass is 10.2. The summed E-state index contributed by atoms with van der Waals surface area (Å²) in [5, 5.41) is 8.91. The number of benzene rings is 1. The number of aromatic carboxylic acids is 1. The van der Waals surface area contributed by atoms with E-state index in [2.05, 4.69) is 6.92 Å². The SMILES string of the molecule is CCCCCSc1ccc(F)cc1C(=O)O. The Bertz CT molecular complexity index is 366. The molecule has 0 radical (unpaired) electrons. The van der Waals surface area contributed by atoms with Crippen LogP contribution in [0.2, 0.25) is 0 Å². The number of unbranched alkanes of at least 4 members (excludes halogenated alkanes) is 2. The normalized spacial score (nSPS) is 10.4. The molecule has 88 valence electrons. The average molecular weight is 242 g/mol. The van der Waals surface area contributed by atoms with Gasteiger partial charge in [-0.05, 0) is 30.4 Å². The van der Waals surface area contributed by atoms with Gasteiger partial charge in [-0.1, -0.05) is 19.8 Å². The van der Waals surface area contributed by atoms with Gasteiger partial charge >= 0.3 is 5.97 Å². The van der Waals surface area contributed by atoms with Gasteiger partial charge in [0.25, 0.3) is 0 Å². The zero-order chi connectivity index (χ0) is 12.0. The van der Waals surface area contributed by atoms with Gasteiger partial charge in [0.1, 0.15) is 5.82 Å². The summed E-state index contributed by atoms with van der Waals surface area (Å²) >= 11 is 1.48. The lowest BCUT2D eigenvalue weighted by Crippen LogP contribution is -2.00. The van der Waals surface area contributed by atoms with Gasteiger partial charge in [0, 0.05) is 4.90 Å². The Kier molecular flexibility index (Phi) is 5.32. The second-order valence-electron chi connectivity index (χ2n) is 3.50. The third-order valence-corrected chi connectivity index (χ3v) is 3.34. The summed E-state index contributed by atoms with van der Waals surface area (Å²) < 4.78 is 12.9. The average Bonchev–Trinajstić information content (AvgIpc) is 2.26. The highest BCUT2D eigenvalue weighted by molar-refractivity contribution is 7.99. The summed E-state index contributed by atoms with van der Waals surface area (Å²) in [5.74, 6) is -0.701. The molecule has 0 aliphatic heterocycles. The van der Waals surface area contributed by atoms with Crippen molar-refractivity contribution in [3.63, 3.8) is 0 Å². The van der Waals surface area contributed by atoms with Crippen LogP contribution in [0.15, 0.2) is 23.1 Å². The van der Waals surface area contributed by atoms with Crippen LogP contribution in [0.5, 0.6) is 0 Å². The number of carbonyl (C=O) groups is 1. The van der Waals surface area contributed by atoms with Crippen molar-refractivity contribution >= 4 is 17.7 Å². The van der Waals surface area contributed by atoms with Crippen LogP contribution >= 0.6 is 11.8 Å². The van der Waals surface area contributed by atoms with Crippen molar-refractivity contribution < 1.29 is 14.3 Å². The van der Waals surface area contributed by atoms with Crippen LogP contribution in [0.4, 0.5) is 4.39 Å². The lowest BCUT2D eigenvalue weighted by Gasteiger charge is -2.05. The zero-order valence-corrected chi connectivity index (χ0v) is 10.0. The first kappa shape index (κ1) is 13.0. The van der Waals surface area contributed by atoms with Gasteiger partial charge in [-0.15, -0.1) is 11.8 Å². The van der Waals surface area contributed by atoms with E-state index in [0.29, 0.717) is 4.90 Å². The molecule has 2 nitrogen and oxygen atoms in total. The van der Waals surface area contributed by atoms with Gasteiger partial charge in [0.05, 0.1) is 5.56 Å². The first-order valence-electron chi connectivity index (χ1n) is 5.30. The smallest absolute Gasteiger partial charge is 0.336 e. The molecule has 0 saturated carbocycles. The monoisotopic (exact) mass is 242 g/mol. The number of carboxylic acid groups (broad SMARTS) is 1. The largest absolute Gasteiger partial charge is 0.478 e. The number of rotatable bonds is 6. The van der Waals surface area contributed by atoms with Crippen molar-refractivity contribution in [2.24, 2.45) is 0 Å². The minimum Gasteiger partial charge on any atom is -0.478 e. The molecule has 0 aliphatic rings. The highest BCUT2D eigenvalue weighted by atomic mass is 32.2. The van der Waals surface area contributed by atoms with Gasteiger partial charge in [0.15, 0.2) is 0 Å². The molecule has 0 bridgehead atoms. The van der Waals surface area contributed by atoms with Crippen LogP contribution in [0.25, 0.3) is 0 Å². The van der Waals surface area contributed by atoms with Crippen molar-refractivity contribution in [2.75, 3.05) is 5.75 Å². The molecule has 1 rings (SSSR count). The van der Waals surface area contributed by atoms with E-state index < -0.39 is 11.8 Å². The molecule has 0 unspecified atom stereocenters. The van der Waals surface area contributed by atoms with Crippen molar-refractivity contribution in [2.45, 2.75) is 31.1 Å². The number of thioether (sulfide) groups is 1. The van der Waals surface area contributed by atoms with Crippen LogP contribution in [0.3, 0.4) is 0 Å². The predicted octanol–water partition coefficient (Wildman–Crippen LogP) is 3.81. The van der Waals surface area contributed by atoms with E-state index in [1.165, 1.54) is 23.9 Å². The van der Waals surface area contributed by atoms with Gasteiger partial charge in [0.2, 0.25) is 0 Å². The maximum Gasteiger partial charge on any atom is 0.336 e. The number of halogens is 1. The van der Waals surface area contributed by atoms with Gasteiger partial charge in [-0.3, -0.25) is 0 Å². The molecule has 0 saturated heterocycles. The van der Waals surface area contributed by atoms with Crippen LogP contribution in [-0.4, -0.2) is 16.8 Å². The molecule has 16 heavy (non-hydrogen) atoms. The van der Waals surface area contributed by atoms with E-state index in [1.54, 1.807) is 0 Å². The van der Waals surface area contributed by atoms with Crippen molar-refractivity contribution in [3.05, 3.63) is 29.6 Å². The van der Waals surface area contributed by atoms with E-state index in [9.17, 15) is 9.18 Å². The van der Waals surface area contributed by atoms with E-state index >= 15 is 0 Å². The molecule has 0 aliphatic carbocycles. The van der Waals surface area contributed by atoms with Crippen molar-refractivity contribution in [1.82, 2.24) is 0 Å². The summed E-state index contributed by atoms with van der Waals surface area (Å²) in [5.41, 5.74) is 0.0569. The third kappa shape index (κ3) is 3.85. The fraction of sp³-hybridized carbons (Fsp3) is 0.417.